The third kappa shape index (κ3) is 16.1. The van der Waals surface area contributed by atoms with Crippen LogP contribution in [0.15, 0.2) is 0 Å². The van der Waals surface area contributed by atoms with Gasteiger partial charge in [0.25, 0.3) is 0 Å². The van der Waals surface area contributed by atoms with Gasteiger partial charge in [0, 0.05) is 13.5 Å². The number of carbonyl (C=O) groups is 1. The highest BCUT2D eigenvalue weighted by Gasteiger charge is 2.20. The van der Waals surface area contributed by atoms with Gasteiger partial charge in [-0.2, -0.15) is 0 Å². The Hall–Kier alpha value is -0.570. The van der Waals surface area contributed by atoms with Crippen LogP contribution in [0, 0.1) is 5.92 Å². The molecule has 1 amide bonds. The van der Waals surface area contributed by atoms with Gasteiger partial charge in [0.15, 0.2) is 0 Å². The molecule has 140 valence electrons. The van der Waals surface area contributed by atoms with Crippen LogP contribution in [0.3, 0.4) is 0 Å². The third-order valence-electron chi connectivity index (χ3n) is 4.21. The monoisotopic (exact) mass is 328 g/mol. The first-order valence-electron chi connectivity index (χ1n) is 10.1. The molecule has 0 aromatic carbocycles. The third-order valence-corrected chi connectivity index (χ3v) is 4.21. The SMILES string of the molecule is CC.CCCCCCC.CCCN1CCC(CC(=O)NC)CC1. The largest absolute Gasteiger partial charge is 0.359 e. The van der Waals surface area contributed by atoms with E-state index in [-0.39, 0.29) is 5.91 Å². The van der Waals surface area contributed by atoms with Gasteiger partial charge in [0.05, 0.1) is 0 Å². The van der Waals surface area contributed by atoms with Crippen molar-refractivity contribution in [3.63, 3.8) is 0 Å². The van der Waals surface area contributed by atoms with Gasteiger partial charge in [-0.3, -0.25) is 4.79 Å². The maximum atomic E-state index is 11.2. The van der Waals surface area contributed by atoms with Gasteiger partial charge in [-0.1, -0.05) is 66.7 Å². The summed E-state index contributed by atoms with van der Waals surface area (Å²) in [6.07, 6.45) is 11.3. The van der Waals surface area contributed by atoms with E-state index in [1.54, 1.807) is 7.05 Å². The zero-order valence-electron chi connectivity index (χ0n) is 16.9. The first kappa shape index (κ1) is 24.7. The number of likely N-dealkylation sites (tertiary alicyclic amines) is 1. The van der Waals surface area contributed by atoms with Crippen LogP contribution < -0.4 is 5.32 Å². The Balaban J connectivity index is 0. The predicted molar refractivity (Wildman–Crippen MR) is 104 cm³/mol. The quantitative estimate of drug-likeness (QED) is 0.617. The second-order valence-electron chi connectivity index (χ2n) is 6.22. The van der Waals surface area contributed by atoms with Gasteiger partial charge in [-0.15, -0.1) is 0 Å². The highest BCUT2D eigenvalue weighted by atomic mass is 16.1. The molecule has 0 saturated carbocycles. The van der Waals surface area contributed by atoms with E-state index in [2.05, 4.69) is 31.0 Å². The van der Waals surface area contributed by atoms with Crippen LogP contribution in [0.25, 0.3) is 0 Å². The van der Waals surface area contributed by atoms with Crippen molar-refractivity contribution in [3.8, 4) is 0 Å². The van der Waals surface area contributed by atoms with Crippen molar-refractivity contribution in [1.82, 2.24) is 10.2 Å². The fourth-order valence-corrected chi connectivity index (χ4v) is 2.77. The number of hydrogen-bond acceptors (Lipinski definition) is 2. The summed E-state index contributed by atoms with van der Waals surface area (Å²) >= 11 is 0. The maximum absolute atomic E-state index is 11.2. The van der Waals surface area contributed by atoms with Crippen LogP contribution >= 0.6 is 0 Å². The molecular weight excluding hydrogens is 284 g/mol. The molecule has 1 N–H and O–H groups in total. The minimum Gasteiger partial charge on any atom is -0.359 e. The van der Waals surface area contributed by atoms with Crippen LogP contribution in [0.5, 0.6) is 0 Å². The standard InChI is InChI=1S/C11H22N2O.C7H16.C2H6/c1-3-6-13-7-4-10(5-8-13)9-11(14)12-2;1-3-5-7-6-4-2;1-2/h10H,3-9H2,1-2H3,(H,12,14);3-7H2,1-2H3;1-2H3. The molecule has 1 aliphatic heterocycles. The number of amides is 1. The van der Waals surface area contributed by atoms with Gasteiger partial charge in [-0.25, -0.2) is 0 Å². The first-order valence-corrected chi connectivity index (χ1v) is 10.1. The lowest BCUT2D eigenvalue weighted by Gasteiger charge is -2.31. The molecule has 0 bridgehead atoms. The van der Waals surface area contributed by atoms with Gasteiger partial charge in [-0.05, 0) is 44.8 Å². The van der Waals surface area contributed by atoms with Gasteiger partial charge >= 0.3 is 0 Å². The summed E-state index contributed by atoms with van der Waals surface area (Å²) in [5, 5.41) is 2.70. The molecule has 0 aromatic heterocycles. The Morgan fingerprint density at radius 3 is 1.87 bits per heavy atom. The minimum atomic E-state index is 0.193. The summed E-state index contributed by atoms with van der Waals surface area (Å²) in [5.74, 6) is 0.807. The Morgan fingerprint density at radius 2 is 1.48 bits per heavy atom. The van der Waals surface area contributed by atoms with E-state index < -0.39 is 0 Å². The van der Waals surface area contributed by atoms with Crippen LogP contribution in [0.4, 0.5) is 0 Å². The van der Waals surface area contributed by atoms with E-state index in [1.807, 2.05) is 13.8 Å². The van der Waals surface area contributed by atoms with E-state index >= 15 is 0 Å². The van der Waals surface area contributed by atoms with Crippen molar-refractivity contribution in [2.24, 2.45) is 5.92 Å². The van der Waals surface area contributed by atoms with Crippen LogP contribution in [0.1, 0.15) is 92.4 Å². The summed E-state index contributed by atoms with van der Waals surface area (Å²) < 4.78 is 0. The van der Waals surface area contributed by atoms with Crippen molar-refractivity contribution < 1.29 is 4.79 Å². The van der Waals surface area contributed by atoms with Crippen molar-refractivity contribution >= 4 is 5.91 Å². The lowest BCUT2D eigenvalue weighted by molar-refractivity contribution is -0.121. The van der Waals surface area contributed by atoms with Crippen molar-refractivity contribution in [1.29, 1.82) is 0 Å². The average molecular weight is 329 g/mol. The van der Waals surface area contributed by atoms with Gasteiger partial charge in [0.2, 0.25) is 5.91 Å². The second-order valence-corrected chi connectivity index (χ2v) is 6.22. The number of piperidine rings is 1. The molecule has 3 heteroatoms. The number of unbranched alkanes of at least 4 members (excludes halogenated alkanes) is 4. The van der Waals surface area contributed by atoms with Crippen LogP contribution in [0.2, 0.25) is 0 Å². The molecule has 0 radical (unpaired) electrons. The first-order chi connectivity index (χ1) is 11.2. The fourth-order valence-electron chi connectivity index (χ4n) is 2.77. The lowest BCUT2D eigenvalue weighted by atomic mass is 9.93. The molecule has 1 saturated heterocycles. The molecule has 1 aliphatic rings. The number of carbonyl (C=O) groups excluding carboxylic acids is 1. The minimum absolute atomic E-state index is 0.193. The van der Waals surface area contributed by atoms with E-state index in [4.69, 9.17) is 0 Å². The predicted octanol–water partition coefficient (Wildman–Crippen LogP) is 5.25. The maximum Gasteiger partial charge on any atom is 0.220 e. The zero-order chi connectivity index (χ0) is 17.9. The van der Waals surface area contributed by atoms with E-state index in [0.29, 0.717) is 5.92 Å². The van der Waals surface area contributed by atoms with Crippen molar-refractivity contribution in [2.45, 2.75) is 92.4 Å². The molecule has 0 aliphatic carbocycles. The Labute approximate surface area is 146 Å². The summed E-state index contributed by atoms with van der Waals surface area (Å²) in [7, 11) is 1.72. The Kier molecular flexibility index (Phi) is 20.9. The molecule has 1 heterocycles. The van der Waals surface area contributed by atoms with Crippen LogP contribution in [-0.4, -0.2) is 37.5 Å². The van der Waals surface area contributed by atoms with Crippen molar-refractivity contribution in [2.75, 3.05) is 26.7 Å². The molecule has 23 heavy (non-hydrogen) atoms. The summed E-state index contributed by atoms with van der Waals surface area (Å²) in [6, 6.07) is 0. The summed E-state index contributed by atoms with van der Waals surface area (Å²) in [4.78, 5) is 13.7. The molecule has 0 aromatic rings. The lowest BCUT2D eigenvalue weighted by Crippen LogP contribution is -2.35. The molecule has 0 spiro atoms. The number of rotatable bonds is 8. The topological polar surface area (TPSA) is 32.3 Å². The number of hydrogen-bond donors (Lipinski definition) is 1. The molecule has 1 fully saturated rings. The Bertz CT molecular complexity index is 232. The zero-order valence-corrected chi connectivity index (χ0v) is 16.9. The summed E-state index contributed by atoms with van der Waals surface area (Å²) in [6.45, 7) is 14.3. The number of nitrogens with zero attached hydrogens (tertiary/aromatic N) is 1. The van der Waals surface area contributed by atoms with E-state index in [0.717, 1.165) is 6.42 Å². The smallest absolute Gasteiger partial charge is 0.220 e. The molecule has 1 rings (SSSR count). The Morgan fingerprint density at radius 1 is 0.957 bits per heavy atom. The molecule has 3 nitrogen and oxygen atoms in total. The van der Waals surface area contributed by atoms with E-state index in [9.17, 15) is 4.79 Å². The van der Waals surface area contributed by atoms with Crippen LogP contribution in [-0.2, 0) is 4.79 Å². The van der Waals surface area contributed by atoms with Crippen molar-refractivity contribution in [3.05, 3.63) is 0 Å². The molecule has 0 unspecified atom stereocenters. The summed E-state index contributed by atoms with van der Waals surface area (Å²) in [5.41, 5.74) is 0. The number of nitrogens with one attached hydrogen (secondary N) is 1. The highest BCUT2D eigenvalue weighted by Crippen LogP contribution is 2.20. The highest BCUT2D eigenvalue weighted by molar-refractivity contribution is 5.75. The fraction of sp³-hybridized carbons (Fsp3) is 0.950. The van der Waals surface area contributed by atoms with Gasteiger partial charge < -0.3 is 10.2 Å². The van der Waals surface area contributed by atoms with Gasteiger partial charge in [0.1, 0.15) is 0 Å². The van der Waals surface area contributed by atoms with E-state index in [1.165, 1.54) is 71.0 Å². The normalized spacial score (nSPS) is 15.0. The average Bonchev–Trinajstić information content (AvgIpc) is 2.59. The second kappa shape index (κ2) is 19.5. The molecular formula is C20H44N2O. The molecule has 0 atom stereocenters.